The number of carbonyl (C=O) groups excluding carboxylic acids is 7. The summed E-state index contributed by atoms with van der Waals surface area (Å²) in [5, 5.41) is 24.7. The van der Waals surface area contributed by atoms with E-state index < -0.39 is 114 Å². The predicted molar refractivity (Wildman–Crippen MR) is 253 cm³/mol. The van der Waals surface area contributed by atoms with Crippen molar-refractivity contribution in [2.75, 3.05) is 39.3 Å². The van der Waals surface area contributed by atoms with Gasteiger partial charge in [-0.15, -0.1) is 0 Å². The van der Waals surface area contributed by atoms with Crippen molar-refractivity contribution in [2.24, 2.45) is 17.1 Å². The van der Waals surface area contributed by atoms with Crippen molar-refractivity contribution in [2.45, 2.75) is 104 Å². The quantitative estimate of drug-likeness (QED) is 0.0972. The average Bonchev–Trinajstić information content (AvgIpc) is 3.86. The lowest BCUT2D eigenvalue weighted by atomic mass is 9.82. The van der Waals surface area contributed by atoms with Gasteiger partial charge in [-0.3, -0.25) is 43.3 Å². The highest BCUT2D eigenvalue weighted by Gasteiger charge is 2.39. The Morgan fingerprint density at radius 1 is 0.900 bits per heavy atom. The van der Waals surface area contributed by atoms with E-state index in [2.05, 4.69) is 10.6 Å². The molecule has 2 aliphatic heterocycles. The van der Waals surface area contributed by atoms with Crippen molar-refractivity contribution in [3.8, 4) is 11.1 Å². The van der Waals surface area contributed by atoms with Crippen LogP contribution < -0.4 is 16.4 Å². The summed E-state index contributed by atoms with van der Waals surface area (Å²) in [6.07, 6.45) is 3.85. The number of carbonyl (C=O) groups is 8. The van der Waals surface area contributed by atoms with Crippen molar-refractivity contribution in [1.29, 1.82) is 0 Å². The number of benzene rings is 2. The number of likely N-dealkylation sites (tertiary alicyclic amines) is 1. The lowest BCUT2D eigenvalue weighted by molar-refractivity contribution is -0.146. The van der Waals surface area contributed by atoms with Crippen molar-refractivity contribution in [1.82, 2.24) is 34.8 Å². The van der Waals surface area contributed by atoms with E-state index in [-0.39, 0.29) is 64.0 Å². The second-order valence-electron chi connectivity index (χ2n) is 19.1. The standard InChI is InChI=1S/C50H64F2N8O10/c1-30(2)45(47(67)54-31(3)49(69)70)55-40(62)19-23-58(35-16-20-56(21-17-35)43(65)28-60-41(63)14-15-42(60)64)48(68)38(53)18-22-59(44(66)29-61)46(50(4,5)6)39-24-33(36-25-34(51)12-13-37(36)52)27-57(39)26-32-10-8-7-9-11-32/h7-15,24-25,27,30-31,35,38,45-46,61H,16-23,26,28-29,53H2,1-6H3,(H,54,67)(H,55,62)(H,69,70)/t31-,38-,45-,46-/m0/s1. The highest BCUT2D eigenvalue weighted by molar-refractivity contribution is 6.14. The zero-order chi connectivity index (χ0) is 51.6. The number of amides is 7. The van der Waals surface area contributed by atoms with Gasteiger partial charge in [0.25, 0.3) is 11.8 Å². The number of aliphatic hydroxyl groups is 1. The molecule has 1 fully saturated rings. The van der Waals surface area contributed by atoms with Crippen LogP contribution in [-0.2, 0) is 44.9 Å². The van der Waals surface area contributed by atoms with Crippen LogP contribution in [0.25, 0.3) is 11.1 Å². The molecule has 0 spiro atoms. The normalized spacial score (nSPS) is 15.9. The number of aliphatic carboxylic acids is 1. The number of halogens is 2. The van der Waals surface area contributed by atoms with Gasteiger partial charge in [0.15, 0.2) is 0 Å². The summed E-state index contributed by atoms with van der Waals surface area (Å²) in [6, 6.07) is 9.19. The molecule has 18 nitrogen and oxygen atoms in total. The van der Waals surface area contributed by atoms with Crippen molar-refractivity contribution in [3.05, 3.63) is 95.8 Å². The van der Waals surface area contributed by atoms with E-state index >= 15 is 4.39 Å². The Morgan fingerprint density at radius 2 is 1.54 bits per heavy atom. The van der Waals surface area contributed by atoms with Crippen LogP contribution in [0.2, 0.25) is 0 Å². The van der Waals surface area contributed by atoms with Gasteiger partial charge < -0.3 is 45.8 Å². The molecule has 378 valence electrons. The van der Waals surface area contributed by atoms with E-state index in [1.54, 1.807) is 26.1 Å². The van der Waals surface area contributed by atoms with Crippen LogP contribution in [0.4, 0.5) is 8.78 Å². The second kappa shape index (κ2) is 23.7. The first-order valence-electron chi connectivity index (χ1n) is 23.3. The fourth-order valence-electron chi connectivity index (χ4n) is 8.80. The minimum absolute atomic E-state index is 0.00205. The van der Waals surface area contributed by atoms with Crippen LogP contribution in [0, 0.1) is 23.0 Å². The molecule has 2 aromatic carbocycles. The highest BCUT2D eigenvalue weighted by atomic mass is 19.1. The van der Waals surface area contributed by atoms with E-state index in [1.807, 2.05) is 55.7 Å². The van der Waals surface area contributed by atoms with Crippen LogP contribution in [0.1, 0.15) is 84.5 Å². The number of nitrogens with zero attached hydrogens (tertiary/aromatic N) is 5. The minimum Gasteiger partial charge on any atom is -0.480 e. The highest BCUT2D eigenvalue weighted by Crippen LogP contribution is 2.41. The maximum absolute atomic E-state index is 15.3. The number of hydrogen-bond acceptors (Lipinski definition) is 10. The second-order valence-corrected chi connectivity index (χ2v) is 19.1. The number of piperidine rings is 1. The summed E-state index contributed by atoms with van der Waals surface area (Å²) >= 11 is 0. The molecule has 20 heteroatoms. The molecule has 7 amide bonds. The lowest BCUT2D eigenvalue weighted by Crippen LogP contribution is -2.56. The van der Waals surface area contributed by atoms with E-state index in [0.717, 1.165) is 40.8 Å². The number of nitrogens with two attached hydrogens (primary N) is 1. The zero-order valence-corrected chi connectivity index (χ0v) is 40.4. The van der Waals surface area contributed by atoms with Crippen LogP contribution in [0.15, 0.2) is 72.9 Å². The van der Waals surface area contributed by atoms with Crippen LogP contribution >= 0.6 is 0 Å². The van der Waals surface area contributed by atoms with Gasteiger partial charge in [0.2, 0.25) is 29.5 Å². The SMILES string of the molecule is CC(C)[C@H](NC(=O)CCN(C(=O)[C@@H](N)CCN(C(=O)CO)[C@@H](c1cc(-c2cc(F)ccc2F)cn1Cc1ccccc1)C(C)(C)C)C1CCN(C(=O)CN2C(=O)C=CC2=O)CC1)C(=O)N[C@@H](C)C(=O)O. The summed E-state index contributed by atoms with van der Waals surface area (Å²) in [5.41, 5.74) is 7.71. The summed E-state index contributed by atoms with van der Waals surface area (Å²) < 4.78 is 31.7. The Balaban J connectivity index is 1.41. The van der Waals surface area contributed by atoms with Gasteiger partial charge >= 0.3 is 5.97 Å². The number of nitrogens with one attached hydrogen (secondary N) is 2. The molecule has 1 aromatic heterocycles. The molecular weight excluding hydrogens is 911 g/mol. The Hall–Kier alpha value is -6.80. The third-order valence-electron chi connectivity index (χ3n) is 12.5. The van der Waals surface area contributed by atoms with E-state index in [9.17, 15) is 53.0 Å². The largest absolute Gasteiger partial charge is 0.480 e. The molecule has 3 heterocycles. The van der Waals surface area contributed by atoms with Gasteiger partial charge in [-0.2, -0.15) is 0 Å². The zero-order valence-electron chi connectivity index (χ0n) is 40.4. The van der Waals surface area contributed by atoms with Crippen LogP contribution in [0.3, 0.4) is 0 Å². The third-order valence-corrected chi connectivity index (χ3v) is 12.5. The fourth-order valence-corrected chi connectivity index (χ4v) is 8.80. The molecule has 6 N–H and O–H groups in total. The van der Waals surface area contributed by atoms with Gasteiger partial charge in [0.05, 0.1) is 12.1 Å². The monoisotopic (exact) mass is 974 g/mol. The Morgan fingerprint density at radius 3 is 2.13 bits per heavy atom. The number of carboxylic acids is 1. The van der Waals surface area contributed by atoms with Gasteiger partial charge in [-0.1, -0.05) is 65.0 Å². The Labute approximate surface area is 405 Å². The Kier molecular flexibility index (Phi) is 18.3. The fraction of sp³-hybridized carbons (Fsp3) is 0.480. The molecule has 4 atom stereocenters. The van der Waals surface area contributed by atoms with E-state index in [1.165, 1.54) is 21.6 Å². The molecule has 2 aliphatic rings. The van der Waals surface area contributed by atoms with Crippen molar-refractivity contribution >= 4 is 47.3 Å². The molecule has 0 radical (unpaired) electrons. The molecule has 0 aliphatic carbocycles. The predicted octanol–water partition coefficient (Wildman–Crippen LogP) is 2.97. The maximum atomic E-state index is 15.3. The molecule has 0 bridgehead atoms. The number of aromatic nitrogens is 1. The summed E-state index contributed by atoms with van der Waals surface area (Å²) in [7, 11) is 0. The first-order chi connectivity index (χ1) is 33.0. The van der Waals surface area contributed by atoms with Gasteiger partial charge in [-0.25, -0.2) is 8.78 Å². The molecule has 0 saturated carbocycles. The number of carboxylic acid groups (broad SMARTS) is 1. The topological polar surface area (TPSA) is 245 Å². The molecule has 1 saturated heterocycles. The van der Waals surface area contributed by atoms with Crippen molar-refractivity contribution < 1.29 is 57.4 Å². The first kappa shape index (κ1) is 54.1. The summed E-state index contributed by atoms with van der Waals surface area (Å²) in [5.74, 6) is -7.32. The number of imide groups is 1. The molecular formula is C50H64F2N8O10. The maximum Gasteiger partial charge on any atom is 0.325 e. The van der Waals surface area contributed by atoms with E-state index in [4.69, 9.17) is 5.73 Å². The van der Waals surface area contributed by atoms with Gasteiger partial charge in [0.1, 0.15) is 36.9 Å². The van der Waals surface area contributed by atoms with Gasteiger partial charge in [0, 0.05) is 80.4 Å². The van der Waals surface area contributed by atoms with Gasteiger partial charge in [-0.05, 0) is 67.3 Å². The average molecular weight is 975 g/mol. The van der Waals surface area contributed by atoms with Crippen molar-refractivity contribution in [3.63, 3.8) is 0 Å². The van der Waals surface area contributed by atoms with Crippen LogP contribution in [0.5, 0.6) is 0 Å². The minimum atomic E-state index is -1.28. The number of aliphatic hydroxyl groups excluding tert-OH is 1. The first-order valence-corrected chi connectivity index (χ1v) is 23.3. The molecule has 70 heavy (non-hydrogen) atoms. The molecule has 3 aromatic rings. The summed E-state index contributed by atoms with van der Waals surface area (Å²) in [4.78, 5) is 109. The summed E-state index contributed by atoms with van der Waals surface area (Å²) in [6.45, 7) is 9.10. The number of rotatable bonds is 21. The third kappa shape index (κ3) is 13.7. The number of hydrogen-bond donors (Lipinski definition) is 5. The Bertz CT molecular complexity index is 2430. The molecule has 5 rings (SSSR count). The lowest BCUT2D eigenvalue weighted by Gasteiger charge is -2.42. The van der Waals surface area contributed by atoms with Crippen LogP contribution in [-0.4, -0.2) is 145 Å². The molecule has 0 unspecified atom stereocenters. The van der Waals surface area contributed by atoms with E-state index in [0.29, 0.717) is 11.3 Å². The smallest absolute Gasteiger partial charge is 0.325 e.